The average Bonchev–Trinajstić information content (AvgIpc) is 2.51. The quantitative estimate of drug-likeness (QED) is 0.756. The molecule has 1 unspecified atom stereocenters. The van der Waals surface area contributed by atoms with Gasteiger partial charge in [0, 0.05) is 23.9 Å². The van der Waals surface area contributed by atoms with Crippen molar-refractivity contribution in [3.05, 3.63) is 47.9 Å². The van der Waals surface area contributed by atoms with E-state index in [-0.39, 0.29) is 5.54 Å². The number of rotatable bonds is 6. The van der Waals surface area contributed by atoms with Gasteiger partial charge in [0.25, 0.3) is 0 Å². The Morgan fingerprint density at radius 2 is 2.16 bits per heavy atom. The Balaban J connectivity index is 2.57. The van der Waals surface area contributed by atoms with Gasteiger partial charge in [-0.2, -0.15) is 0 Å². The lowest BCUT2D eigenvalue weighted by Gasteiger charge is -2.25. The van der Waals surface area contributed by atoms with E-state index < -0.39 is 0 Å². The number of hydrogen-bond acceptors (Lipinski definition) is 2. The summed E-state index contributed by atoms with van der Waals surface area (Å²) in [4.78, 5) is 0. The molecule has 0 bridgehead atoms. The van der Waals surface area contributed by atoms with Crippen LogP contribution >= 0.6 is 0 Å². The molecule has 1 atom stereocenters. The van der Waals surface area contributed by atoms with Gasteiger partial charge >= 0.3 is 0 Å². The van der Waals surface area contributed by atoms with E-state index in [0.29, 0.717) is 5.92 Å². The molecule has 0 aromatic rings. The van der Waals surface area contributed by atoms with E-state index in [9.17, 15) is 0 Å². The van der Waals surface area contributed by atoms with E-state index in [2.05, 4.69) is 63.4 Å². The van der Waals surface area contributed by atoms with Crippen LogP contribution in [0.2, 0.25) is 0 Å². The molecule has 106 valence electrons. The molecule has 0 aromatic carbocycles. The molecule has 0 heterocycles. The minimum atomic E-state index is 0.113. The molecule has 2 nitrogen and oxygen atoms in total. The van der Waals surface area contributed by atoms with Crippen LogP contribution in [0.4, 0.5) is 0 Å². The van der Waals surface area contributed by atoms with E-state index in [1.54, 1.807) is 0 Å². The summed E-state index contributed by atoms with van der Waals surface area (Å²) in [6, 6.07) is 0. The lowest BCUT2D eigenvalue weighted by atomic mass is 9.99. The van der Waals surface area contributed by atoms with Crippen LogP contribution in [-0.2, 0) is 0 Å². The number of nitrogens with two attached hydrogens (primary N) is 1. The molecule has 0 aliphatic heterocycles. The second kappa shape index (κ2) is 7.22. The van der Waals surface area contributed by atoms with Crippen molar-refractivity contribution in [2.45, 2.75) is 52.5 Å². The minimum absolute atomic E-state index is 0.113. The smallest absolute Gasteiger partial charge is 0.0312 e. The second-order valence-corrected chi connectivity index (χ2v) is 6.02. The Labute approximate surface area is 118 Å². The Morgan fingerprint density at radius 3 is 2.84 bits per heavy atom. The second-order valence-electron chi connectivity index (χ2n) is 6.02. The zero-order valence-electron chi connectivity index (χ0n) is 12.7. The molecule has 0 aromatic heterocycles. The molecule has 0 saturated carbocycles. The summed E-state index contributed by atoms with van der Waals surface area (Å²) in [6.45, 7) is 8.80. The molecule has 0 fully saturated rings. The third-order valence-electron chi connectivity index (χ3n) is 3.24. The fourth-order valence-corrected chi connectivity index (χ4v) is 2.26. The molecule has 1 rings (SSSR count). The minimum Gasteiger partial charge on any atom is -0.401 e. The summed E-state index contributed by atoms with van der Waals surface area (Å²) < 4.78 is 0. The topological polar surface area (TPSA) is 38.0 Å². The van der Waals surface area contributed by atoms with Crippen molar-refractivity contribution in [2.24, 2.45) is 11.7 Å². The maximum Gasteiger partial charge on any atom is 0.0312 e. The Hall–Kier alpha value is -1.44. The Morgan fingerprint density at radius 1 is 1.42 bits per heavy atom. The summed E-state index contributed by atoms with van der Waals surface area (Å²) in [5.74, 6) is 0.474. The highest BCUT2D eigenvalue weighted by Gasteiger charge is 2.13. The van der Waals surface area contributed by atoms with Crippen LogP contribution in [0.1, 0.15) is 47.0 Å². The van der Waals surface area contributed by atoms with Crippen molar-refractivity contribution in [1.29, 1.82) is 0 Å². The summed E-state index contributed by atoms with van der Waals surface area (Å²) in [7, 11) is 0. The van der Waals surface area contributed by atoms with Crippen molar-refractivity contribution in [3.63, 3.8) is 0 Å². The lowest BCUT2D eigenvalue weighted by molar-refractivity contribution is 0.404. The Bertz CT molecular complexity index is 397. The van der Waals surface area contributed by atoms with Gasteiger partial charge in [0.15, 0.2) is 0 Å². The highest BCUT2D eigenvalue weighted by Crippen LogP contribution is 2.16. The van der Waals surface area contributed by atoms with E-state index in [1.807, 2.05) is 6.20 Å². The third-order valence-corrected chi connectivity index (χ3v) is 3.24. The Kier molecular flexibility index (Phi) is 5.94. The number of nitrogens with one attached hydrogen (secondary N) is 1. The standard InChI is InChI=1S/C17H28N2/c1-5-10-17(3,4)19-13-16(18)12-15-9-7-6-8-14(2)11-15/h6-9,11,13-14,19H,5,10,12,18H2,1-4H3/b16-13-. The summed E-state index contributed by atoms with van der Waals surface area (Å²) in [5.41, 5.74) is 8.38. The first kappa shape index (κ1) is 15.6. The van der Waals surface area contributed by atoms with Crippen molar-refractivity contribution >= 4 is 0 Å². The highest BCUT2D eigenvalue weighted by molar-refractivity contribution is 5.31. The molecule has 0 saturated heterocycles. The summed E-state index contributed by atoms with van der Waals surface area (Å²) >= 11 is 0. The first-order valence-corrected chi connectivity index (χ1v) is 7.21. The maximum absolute atomic E-state index is 6.11. The molecule has 19 heavy (non-hydrogen) atoms. The molecule has 1 aliphatic rings. The van der Waals surface area contributed by atoms with Crippen molar-refractivity contribution in [3.8, 4) is 0 Å². The predicted molar refractivity (Wildman–Crippen MR) is 84.5 cm³/mol. The third kappa shape index (κ3) is 6.32. The van der Waals surface area contributed by atoms with Gasteiger partial charge in [-0.15, -0.1) is 0 Å². The van der Waals surface area contributed by atoms with Crippen molar-refractivity contribution in [2.75, 3.05) is 0 Å². The van der Waals surface area contributed by atoms with Gasteiger partial charge < -0.3 is 11.1 Å². The van der Waals surface area contributed by atoms with Gasteiger partial charge in [-0.1, -0.05) is 50.6 Å². The van der Waals surface area contributed by atoms with Crippen LogP contribution in [0.15, 0.2) is 47.9 Å². The van der Waals surface area contributed by atoms with Crippen LogP contribution < -0.4 is 11.1 Å². The number of hydrogen-bond donors (Lipinski definition) is 2. The zero-order valence-corrected chi connectivity index (χ0v) is 12.7. The van der Waals surface area contributed by atoms with Gasteiger partial charge in [0.2, 0.25) is 0 Å². The van der Waals surface area contributed by atoms with E-state index in [4.69, 9.17) is 5.73 Å². The molecule has 0 amide bonds. The molecule has 1 aliphatic carbocycles. The molecular formula is C17H28N2. The van der Waals surface area contributed by atoms with Gasteiger partial charge in [0.05, 0.1) is 0 Å². The van der Waals surface area contributed by atoms with E-state index >= 15 is 0 Å². The molecule has 0 spiro atoms. The van der Waals surface area contributed by atoms with Gasteiger partial charge in [-0.3, -0.25) is 0 Å². The largest absolute Gasteiger partial charge is 0.401 e. The normalized spacial score (nSPS) is 20.1. The molecule has 0 radical (unpaired) electrons. The monoisotopic (exact) mass is 260 g/mol. The average molecular weight is 260 g/mol. The van der Waals surface area contributed by atoms with E-state index in [1.165, 1.54) is 12.0 Å². The first-order chi connectivity index (χ1) is 8.93. The maximum atomic E-state index is 6.11. The molecule has 2 heteroatoms. The molecular weight excluding hydrogens is 232 g/mol. The first-order valence-electron chi connectivity index (χ1n) is 7.21. The van der Waals surface area contributed by atoms with Gasteiger partial charge in [0.1, 0.15) is 0 Å². The number of allylic oxidation sites excluding steroid dienone is 6. The predicted octanol–water partition coefficient (Wildman–Crippen LogP) is 4.03. The van der Waals surface area contributed by atoms with Crippen LogP contribution in [-0.4, -0.2) is 5.54 Å². The van der Waals surface area contributed by atoms with Gasteiger partial charge in [-0.05, 0) is 31.8 Å². The van der Waals surface area contributed by atoms with Crippen molar-refractivity contribution < 1.29 is 0 Å². The zero-order chi connectivity index (χ0) is 14.3. The van der Waals surface area contributed by atoms with Crippen LogP contribution in [0.3, 0.4) is 0 Å². The van der Waals surface area contributed by atoms with Crippen molar-refractivity contribution in [1.82, 2.24) is 5.32 Å². The SMILES string of the molecule is CCCC(C)(C)N/C=C(\N)CC1=CC(C)C=CC=C1. The highest BCUT2D eigenvalue weighted by atomic mass is 14.9. The summed E-state index contributed by atoms with van der Waals surface area (Å²) in [6.07, 6.45) is 15.8. The fourth-order valence-electron chi connectivity index (χ4n) is 2.26. The van der Waals surface area contributed by atoms with Crippen LogP contribution in [0.25, 0.3) is 0 Å². The molecule has 3 N–H and O–H groups in total. The fraction of sp³-hybridized carbons (Fsp3) is 0.529. The van der Waals surface area contributed by atoms with Crippen LogP contribution in [0, 0.1) is 5.92 Å². The lowest BCUT2D eigenvalue weighted by Crippen LogP contribution is -2.35. The van der Waals surface area contributed by atoms with E-state index in [0.717, 1.165) is 18.5 Å². The van der Waals surface area contributed by atoms with Gasteiger partial charge in [-0.25, -0.2) is 0 Å². The summed E-state index contributed by atoms with van der Waals surface area (Å²) in [5, 5.41) is 3.42. The van der Waals surface area contributed by atoms with Crippen LogP contribution in [0.5, 0.6) is 0 Å².